The summed E-state index contributed by atoms with van der Waals surface area (Å²) in [7, 11) is 0. The van der Waals surface area contributed by atoms with Crippen molar-refractivity contribution in [3.63, 3.8) is 0 Å². The number of nitro benzene ring substituents is 1. The third kappa shape index (κ3) is 7.79. The molecule has 206 valence electrons. The zero-order valence-corrected chi connectivity index (χ0v) is 22.5. The van der Waals surface area contributed by atoms with Gasteiger partial charge >= 0.3 is 0 Å². The average Bonchev–Trinajstić information content (AvgIpc) is 2.89. The number of carbonyl (C=O) groups excluding carboxylic acids is 1. The number of thioether (sulfide) groups is 1. The van der Waals surface area contributed by atoms with Gasteiger partial charge in [-0.1, -0.05) is 6.42 Å². The largest absolute Gasteiger partial charge is 0.376 e. The fourth-order valence-corrected chi connectivity index (χ4v) is 6.23. The van der Waals surface area contributed by atoms with Crippen LogP contribution >= 0.6 is 23.7 Å². The van der Waals surface area contributed by atoms with E-state index in [2.05, 4.69) is 10.0 Å². The first-order chi connectivity index (χ1) is 18.2. The summed E-state index contributed by atoms with van der Waals surface area (Å²) in [6.07, 6.45) is 2.41. The number of nitrogens with one attached hydrogen (secondary N) is 2. The van der Waals surface area contributed by atoms with Crippen molar-refractivity contribution in [2.45, 2.75) is 66.2 Å². The molecule has 0 radical (unpaired) electrons. The first kappa shape index (κ1) is 28.6. The van der Waals surface area contributed by atoms with E-state index in [1.807, 2.05) is 4.90 Å². The predicted octanol–water partition coefficient (Wildman–Crippen LogP) is 6.15. The number of halogens is 3. The van der Waals surface area contributed by atoms with E-state index in [1.54, 1.807) is 24.3 Å². The van der Waals surface area contributed by atoms with Crippen molar-refractivity contribution in [2.24, 2.45) is 0 Å². The summed E-state index contributed by atoms with van der Waals surface area (Å²) in [6, 6.07) is 10.5. The third-order valence-corrected chi connectivity index (χ3v) is 8.76. The lowest BCUT2D eigenvalue weighted by Gasteiger charge is -2.35. The maximum atomic E-state index is 14.9. The van der Waals surface area contributed by atoms with Crippen LogP contribution in [0.1, 0.15) is 38.5 Å². The molecule has 4 rings (SSSR count). The Bertz CT molecular complexity index is 1110. The summed E-state index contributed by atoms with van der Waals surface area (Å²) in [6.45, 7) is 1.41. The van der Waals surface area contributed by atoms with Gasteiger partial charge in [-0.05, 0) is 80.5 Å². The van der Waals surface area contributed by atoms with Crippen LogP contribution in [0.25, 0.3) is 0 Å². The van der Waals surface area contributed by atoms with Gasteiger partial charge in [0.15, 0.2) is 5.67 Å². The first-order valence-electron chi connectivity index (χ1n) is 12.7. The highest BCUT2D eigenvalue weighted by atomic mass is 32.2. The van der Waals surface area contributed by atoms with E-state index in [4.69, 9.17) is 0 Å². The minimum Gasteiger partial charge on any atom is -0.376 e. The molecular weight excluding hydrogens is 537 g/mol. The van der Waals surface area contributed by atoms with Crippen molar-refractivity contribution in [3.05, 3.63) is 58.4 Å². The van der Waals surface area contributed by atoms with Gasteiger partial charge < -0.3 is 5.32 Å². The summed E-state index contributed by atoms with van der Waals surface area (Å²) in [4.78, 5) is 27.1. The van der Waals surface area contributed by atoms with Crippen LogP contribution in [0.3, 0.4) is 0 Å². The molecule has 12 heteroatoms. The van der Waals surface area contributed by atoms with Crippen LogP contribution in [-0.4, -0.2) is 59.0 Å². The Morgan fingerprint density at radius 1 is 1.13 bits per heavy atom. The number of anilines is 1. The molecule has 1 aliphatic heterocycles. The van der Waals surface area contributed by atoms with Gasteiger partial charge in [-0.3, -0.25) is 24.5 Å². The van der Waals surface area contributed by atoms with Gasteiger partial charge in [-0.25, -0.2) is 13.2 Å². The van der Waals surface area contributed by atoms with Crippen molar-refractivity contribution < 1.29 is 22.9 Å². The molecule has 2 fully saturated rings. The maximum Gasteiger partial charge on any atom is 0.293 e. The Morgan fingerprint density at radius 3 is 2.47 bits per heavy atom. The minimum atomic E-state index is -1.90. The van der Waals surface area contributed by atoms with Gasteiger partial charge in [0.2, 0.25) is 0 Å². The second kappa shape index (κ2) is 13.1. The van der Waals surface area contributed by atoms with Crippen LogP contribution in [0, 0.1) is 15.9 Å². The zero-order chi connectivity index (χ0) is 27.1. The molecule has 1 saturated heterocycles. The molecular formula is C26H31F3N4O3S2. The molecule has 1 amide bonds. The highest BCUT2D eigenvalue weighted by molar-refractivity contribution is 7.99. The predicted molar refractivity (Wildman–Crippen MR) is 145 cm³/mol. The molecule has 1 aliphatic carbocycles. The minimum absolute atomic E-state index is 0.165. The molecule has 2 aliphatic rings. The van der Waals surface area contributed by atoms with Crippen LogP contribution in [0.4, 0.5) is 24.5 Å². The van der Waals surface area contributed by atoms with E-state index >= 15 is 0 Å². The SMILES string of the molecule is O=C(NSc1ccc(NC(CCN2CC(F)C2)CSc2ccc(F)cc2)c([N+](=O)[O-])c1)C1(F)CCCCC1. The Kier molecular flexibility index (Phi) is 9.83. The van der Waals surface area contributed by atoms with Crippen LogP contribution in [0.15, 0.2) is 52.3 Å². The van der Waals surface area contributed by atoms with Crippen LogP contribution < -0.4 is 10.0 Å². The highest BCUT2D eigenvalue weighted by Gasteiger charge is 2.39. The van der Waals surface area contributed by atoms with Crippen molar-refractivity contribution in [2.75, 3.05) is 30.7 Å². The Hall–Kier alpha value is -2.44. The molecule has 38 heavy (non-hydrogen) atoms. The topological polar surface area (TPSA) is 87.5 Å². The van der Waals surface area contributed by atoms with Gasteiger partial charge in [-0.15, -0.1) is 11.8 Å². The molecule has 1 heterocycles. The Morgan fingerprint density at radius 2 is 1.82 bits per heavy atom. The standard InChI is InChI=1S/C26H31F3N4O3S2/c27-18-4-6-21(7-5-18)37-17-20(10-13-32-15-19(28)16-32)30-23-9-8-22(14-24(23)33(35)36)38-31-25(34)26(29)11-2-1-3-12-26/h4-9,14,19-20,30H,1-3,10-13,15-17H2,(H,31,34). The molecule has 1 unspecified atom stereocenters. The molecule has 1 atom stereocenters. The normalized spacial score (nSPS) is 18.4. The molecule has 2 aromatic rings. The molecule has 0 aromatic heterocycles. The van der Waals surface area contributed by atoms with Crippen LogP contribution in [0.2, 0.25) is 0 Å². The average molecular weight is 569 g/mol. The van der Waals surface area contributed by atoms with Crippen LogP contribution in [-0.2, 0) is 4.79 Å². The first-order valence-corrected chi connectivity index (χ1v) is 14.5. The molecule has 2 aromatic carbocycles. The summed E-state index contributed by atoms with van der Waals surface area (Å²) in [5, 5.41) is 15.1. The molecule has 7 nitrogen and oxygen atoms in total. The number of hydrogen-bond donors (Lipinski definition) is 2. The molecule has 2 N–H and O–H groups in total. The maximum absolute atomic E-state index is 14.9. The lowest BCUT2D eigenvalue weighted by Crippen LogP contribution is -2.49. The van der Waals surface area contributed by atoms with Crippen LogP contribution in [0.5, 0.6) is 0 Å². The van der Waals surface area contributed by atoms with E-state index in [-0.39, 0.29) is 30.4 Å². The smallest absolute Gasteiger partial charge is 0.293 e. The van der Waals surface area contributed by atoms with Crippen molar-refractivity contribution in [1.82, 2.24) is 9.62 Å². The van der Waals surface area contributed by atoms with Crippen molar-refractivity contribution >= 4 is 41.0 Å². The van der Waals surface area contributed by atoms with E-state index in [9.17, 15) is 28.1 Å². The number of carbonyl (C=O) groups is 1. The third-order valence-electron chi connectivity index (χ3n) is 6.81. The van der Waals surface area contributed by atoms with Gasteiger partial charge in [0.25, 0.3) is 11.6 Å². The van der Waals surface area contributed by atoms with Crippen molar-refractivity contribution in [3.8, 4) is 0 Å². The number of amides is 1. The lowest BCUT2D eigenvalue weighted by molar-refractivity contribution is -0.384. The van der Waals surface area contributed by atoms with E-state index in [0.29, 0.717) is 55.2 Å². The quantitative estimate of drug-likeness (QED) is 0.138. The van der Waals surface area contributed by atoms with Crippen molar-refractivity contribution in [1.29, 1.82) is 0 Å². The second-order valence-corrected chi connectivity index (χ2v) is 11.7. The molecule has 0 spiro atoms. The van der Waals surface area contributed by atoms with Gasteiger partial charge in [-0.2, -0.15) is 0 Å². The second-order valence-electron chi connectivity index (χ2n) is 9.75. The number of hydrogen-bond acceptors (Lipinski definition) is 7. The Balaban J connectivity index is 1.41. The number of nitrogens with zero attached hydrogens (tertiary/aromatic N) is 2. The fourth-order valence-electron chi connectivity index (χ4n) is 4.56. The van der Waals surface area contributed by atoms with Gasteiger partial charge in [0.1, 0.15) is 17.7 Å². The summed E-state index contributed by atoms with van der Waals surface area (Å²) in [5.41, 5.74) is -1.75. The lowest BCUT2D eigenvalue weighted by atomic mass is 9.86. The van der Waals surface area contributed by atoms with E-state index in [0.717, 1.165) is 23.3 Å². The number of likely N-dealkylation sites (tertiary alicyclic amines) is 1. The fraction of sp³-hybridized carbons (Fsp3) is 0.500. The summed E-state index contributed by atoms with van der Waals surface area (Å²) < 4.78 is 43.9. The molecule has 1 saturated carbocycles. The molecule has 0 bridgehead atoms. The number of rotatable bonds is 12. The van der Waals surface area contributed by atoms with E-state index < -0.39 is 22.7 Å². The van der Waals surface area contributed by atoms with E-state index in [1.165, 1.54) is 30.0 Å². The number of alkyl halides is 2. The van der Waals surface area contributed by atoms with Gasteiger partial charge in [0, 0.05) is 47.3 Å². The number of benzene rings is 2. The number of nitro groups is 1. The van der Waals surface area contributed by atoms with Gasteiger partial charge in [0.05, 0.1) is 4.92 Å². The monoisotopic (exact) mass is 568 g/mol. The highest BCUT2D eigenvalue weighted by Crippen LogP contribution is 2.34. The zero-order valence-electron chi connectivity index (χ0n) is 20.8. The summed E-state index contributed by atoms with van der Waals surface area (Å²) in [5.74, 6) is -0.472. The summed E-state index contributed by atoms with van der Waals surface area (Å²) >= 11 is 2.36. The Labute approximate surface area is 228 Å².